The Bertz CT molecular complexity index is 934. The monoisotopic (exact) mass is 332 g/mol. The molecule has 25 heavy (non-hydrogen) atoms. The van der Waals surface area contributed by atoms with Gasteiger partial charge in [0.15, 0.2) is 0 Å². The van der Waals surface area contributed by atoms with E-state index in [4.69, 9.17) is 15.9 Å². The fraction of sp³-hybridized carbons (Fsp3) is 0.100. The summed E-state index contributed by atoms with van der Waals surface area (Å²) in [6.45, 7) is 2.34. The lowest BCUT2D eigenvalue weighted by Gasteiger charge is -2.09. The third-order valence-electron chi connectivity index (χ3n) is 3.82. The highest BCUT2D eigenvalue weighted by molar-refractivity contribution is 5.99. The number of fused-ring (bicyclic) bond motifs is 1. The molecule has 0 aliphatic rings. The first-order chi connectivity index (χ1) is 12.1. The third kappa shape index (κ3) is 4.35. The van der Waals surface area contributed by atoms with Crippen LogP contribution in [0.4, 0.5) is 0 Å². The molecule has 0 amide bonds. The Kier molecular flexibility index (Phi) is 4.95. The van der Waals surface area contributed by atoms with Crippen molar-refractivity contribution in [2.24, 2.45) is 10.8 Å². The number of nitrogens with one attached hydrogen (secondary N) is 2. The van der Waals surface area contributed by atoms with E-state index in [-0.39, 0.29) is 5.96 Å². The topological polar surface area (TPSA) is 83.5 Å². The predicted octanol–water partition coefficient (Wildman–Crippen LogP) is 3.63. The lowest BCUT2D eigenvalue weighted by Crippen LogP contribution is -2.26. The first-order valence-electron chi connectivity index (χ1n) is 7.97. The summed E-state index contributed by atoms with van der Waals surface area (Å²) in [6, 6.07) is 22.3. The first-order valence-corrected chi connectivity index (χ1v) is 7.97. The second-order valence-electron chi connectivity index (χ2n) is 5.72. The first kappa shape index (κ1) is 16.5. The van der Waals surface area contributed by atoms with Crippen LogP contribution in [0.5, 0.6) is 5.75 Å². The van der Waals surface area contributed by atoms with Gasteiger partial charge in [-0.15, -0.1) is 0 Å². The van der Waals surface area contributed by atoms with Gasteiger partial charge < -0.3 is 10.5 Å². The molecule has 0 saturated carbocycles. The number of nitrogens with two attached hydrogens (primary N) is 1. The van der Waals surface area contributed by atoms with Crippen LogP contribution in [-0.2, 0) is 6.61 Å². The summed E-state index contributed by atoms with van der Waals surface area (Å²) in [5.41, 5.74) is 10.4. The Labute approximate surface area is 146 Å². The molecule has 0 heterocycles. The van der Waals surface area contributed by atoms with Gasteiger partial charge in [0, 0.05) is 5.56 Å². The maximum atomic E-state index is 7.15. The summed E-state index contributed by atoms with van der Waals surface area (Å²) >= 11 is 0. The molecule has 0 aliphatic heterocycles. The lowest BCUT2D eigenvalue weighted by molar-refractivity contribution is 0.306. The SMILES string of the molecule is CC(=NNC(=N)N)c1cccc(OCc2ccc3ccccc3c2)c1. The molecule has 3 aromatic carbocycles. The van der Waals surface area contributed by atoms with Gasteiger partial charge in [-0.3, -0.25) is 5.41 Å². The smallest absolute Gasteiger partial charge is 0.206 e. The van der Waals surface area contributed by atoms with Gasteiger partial charge in [-0.2, -0.15) is 5.10 Å². The summed E-state index contributed by atoms with van der Waals surface area (Å²) in [5.74, 6) is 0.575. The molecule has 0 aliphatic carbocycles. The van der Waals surface area contributed by atoms with Crippen molar-refractivity contribution in [3.63, 3.8) is 0 Å². The predicted molar refractivity (Wildman–Crippen MR) is 102 cm³/mol. The van der Waals surface area contributed by atoms with E-state index in [1.165, 1.54) is 10.8 Å². The average molecular weight is 332 g/mol. The zero-order valence-electron chi connectivity index (χ0n) is 14.0. The summed E-state index contributed by atoms with van der Waals surface area (Å²) in [4.78, 5) is 0. The second kappa shape index (κ2) is 7.49. The highest BCUT2D eigenvalue weighted by atomic mass is 16.5. The van der Waals surface area contributed by atoms with Crippen molar-refractivity contribution < 1.29 is 4.74 Å². The molecule has 0 atom stereocenters. The number of nitrogens with zero attached hydrogens (tertiary/aromatic N) is 1. The van der Waals surface area contributed by atoms with Crippen molar-refractivity contribution >= 4 is 22.4 Å². The van der Waals surface area contributed by atoms with E-state index in [1.54, 1.807) is 0 Å². The zero-order valence-corrected chi connectivity index (χ0v) is 14.0. The van der Waals surface area contributed by atoms with E-state index in [0.29, 0.717) is 6.61 Å². The van der Waals surface area contributed by atoms with Gasteiger partial charge in [0.05, 0.1) is 5.71 Å². The van der Waals surface area contributed by atoms with Crippen LogP contribution in [0.25, 0.3) is 10.8 Å². The number of guanidine groups is 1. The van der Waals surface area contributed by atoms with Gasteiger partial charge in [0.25, 0.3) is 0 Å². The van der Waals surface area contributed by atoms with Gasteiger partial charge in [0.1, 0.15) is 12.4 Å². The summed E-state index contributed by atoms with van der Waals surface area (Å²) < 4.78 is 5.92. The Morgan fingerprint density at radius 1 is 1.04 bits per heavy atom. The molecule has 5 nitrogen and oxygen atoms in total. The molecule has 0 saturated heterocycles. The second-order valence-corrected chi connectivity index (χ2v) is 5.72. The Balaban J connectivity index is 1.71. The normalized spacial score (nSPS) is 11.3. The van der Waals surface area contributed by atoms with Crippen LogP contribution < -0.4 is 15.9 Å². The van der Waals surface area contributed by atoms with Gasteiger partial charge in [-0.25, -0.2) is 5.43 Å². The van der Waals surface area contributed by atoms with Crippen molar-refractivity contribution in [1.29, 1.82) is 5.41 Å². The van der Waals surface area contributed by atoms with E-state index in [1.807, 2.05) is 43.3 Å². The molecule has 3 aromatic rings. The molecule has 0 radical (unpaired) electrons. The largest absolute Gasteiger partial charge is 0.489 e. The van der Waals surface area contributed by atoms with Crippen molar-refractivity contribution in [2.75, 3.05) is 0 Å². The minimum absolute atomic E-state index is 0.192. The molecule has 3 rings (SSSR count). The fourth-order valence-corrected chi connectivity index (χ4v) is 2.51. The molecule has 0 unspecified atom stereocenters. The van der Waals surface area contributed by atoms with E-state index in [2.05, 4.69) is 40.9 Å². The maximum absolute atomic E-state index is 7.15. The maximum Gasteiger partial charge on any atom is 0.206 e. The number of ether oxygens (including phenoxy) is 1. The molecule has 0 spiro atoms. The molecular weight excluding hydrogens is 312 g/mol. The van der Waals surface area contributed by atoms with Crippen LogP contribution in [0.1, 0.15) is 18.1 Å². The summed E-state index contributed by atoms with van der Waals surface area (Å²) in [7, 11) is 0. The van der Waals surface area contributed by atoms with E-state index >= 15 is 0 Å². The third-order valence-corrected chi connectivity index (χ3v) is 3.82. The summed E-state index contributed by atoms with van der Waals surface area (Å²) in [6.07, 6.45) is 0. The number of rotatable bonds is 5. The van der Waals surface area contributed by atoms with E-state index in [9.17, 15) is 0 Å². The standard InChI is InChI=1S/C20H20N4O/c1-14(23-24-20(21)22)17-7-4-8-19(12-17)25-13-15-9-10-16-5-2-3-6-18(16)11-15/h2-12H,13H2,1H3,(H4,21,22,24). The summed E-state index contributed by atoms with van der Waals surface area (Å²) in [5, 5.41) is 13.6. The van der Waals surface area contributed by atoms with Crippen LogP contribution >= 0.6 is 0 Å². The van der Waals surface area contributed by atoms with Gasteiger partial charge >= 0.3 is 0 Å². The minimum Gasteiger partial charge on any atom is -0.489 e. The van der Waals surface area contributed by atoms with Gasteiger partial charge in [-0.1, -0.05) is 48.5 Å². The highest BCUT2D eigenvalue weighted by Crippen LogP contribution is 2.19. The number of benzene rings is 3. The van der Waals surface area contributed by atoms with Crippen molar-refractivity contribution in [1.82, 2.24) is 5.43 Å². The highest BCUT2D eigenvalue weighted by Gasteiger charge is 2.02. The average Bonchev–Trinajstić information content (AvgIpc) is 2.64. The zero-order chi connectivity index (χ0) is 17.6. The van der Waals surface area contributed by atoms with Crippen LogP contribution in [0.2, 0.25) is 0 Å². The molecule has 5 heteroatoms. The Morgan fingerprint density at radius 2 is 1.84 bits per heavy atom. The molecule has 126 valence electrons. The van der Waals surface area contributed by atoms with Crippen LogP contribution in [0.15, 0.2) is 71.8 Å². The number of hydrogen-bond acceptors (Lipinski definition) is 3. The van der Waals surface area contributed by atoms with Gasteiger partial charge in [-0.05, 0) is 41.5 Å². The number of hydrazone groups is 1. The molecule has 4 N–H and O–H groups in total. The van der Waals surface area contributed by atoms with Crippen molar-refractivity contribution in [3.05, 3.63) is 77.9 Å². The van der Waals surface area contributed by atoms with Gasteiger partial charge in [0.2, 0.25) is 5.96 Å². The molecule has 0 bridgehead atoms. The quantitative estimate of drug-likeness (QED) is 0.379. The van der Waals surface area contributed by atoms with E-state index < -0.39 is 0 Å². The molecule has 0 fully saturated rings. The van der Waals surface area contributed by atoms with E-state index in [0.717, 1.165) is 22.6 Å². The fourth-order valence-electron chi connectivity index (χ4n) is 2.51. The van der Waals surface area contributed by atoms with Crippen molar-refractivity contribution in [2.45, 2.75) is 13.5 Å². The molecule has 0 aromatic heterocycles. The van der Waals surface area contributed by atoms with Crippen LogP contribution in [0, 0.1) is 5.41 Å². The minimum atomic E-state index is -0.192. The Morgan fingerprint density at radius 3 is 2.64 bits per heavy atom. The van der Waals surface area contributed by atoms with Crippen LogP contribution in [0.3, 0.4) is 0 Å². The lowest BCUT2D eigenvalue weighted by atomic mass is 10.1. The Hall–Kier alpha value is -3.34. The van der Waals surface area contributed by atoms with Crippen molar-refractivity contribution in [3.8, 4) is 5.75 Å². The van der Waals surface area contributed by atoms with Crippen LogP contribution in [-0.4, -0.2) is 11.7 Å². The number of hydrogen-bond donors (Lipinski definition) is 3. The molecular formula is C20H20N4O.